The molecule has 2 aromatic heterocycles. The van der Waals surface area contributed by atoms with Gasteiger partial charge in [-0.2, -0.15) is 5.10 Å². The number of ether oxygens (including phenoxy) is 3. The Morgan fingerprint density at radius 3 is 2.51 bits per heavy atom. The number of aryl methyl sites for hydroxylation is 1. The van der Waals surface area contributed by atoms with Crippen LogP contribution in [-0.2, 0) is 23.1 Å². The maximum Gasteiger partial charge on any atom is 0.268 e. The molecule has 13 heteroatoms. The smallest absolute Gasteiger partial charge is 0.268 e. The third-order valence-electron chi connectivity index (χ3n) is 7.59. The Hall–Kier alpha value is -4.26. The first-order valence-electron chi connectivity index (χ1n) is 13.9. The predicted molar refractivity (Wildman–Crippen MR) is 155 cm³/mol. The second-order valence-corrected chi connectivity index (χ2v) is 11.9. The highest BCUT2D eigenvalue weighted by molar-refractivity contribution is 7.92. The largest absolute Gasteiger partial charge is 0.497 e. The molecule has 2 heterocycles. The summed E-state index contributed by atoms with van der Waals surface area (Å²) in [5.74, 6) is -1.74. The lowest BCUT2D eigenvalue weighted by Crippen LogP contribution is -2.32. The third kappa shape index (κ3) is 6.26. The van der Waals surface area contributed by atoms with Crippen LogP contribution in [0.5, 0.6) is 17.2 Å². The molecule has 0 N–H and O–H groups in total. The fraction of sp³-hybridized carbons (Fsp3) is 0.367. The summed E-state index contributed by atoms with van der Waals surface area (Å²) in [6, 6.07) is 9.61. The Morgan fingerprint density at radius 2 is 1.79 bits per heavy atom. The van der Waals surface area contributed by atoms with Gasteiger partial charge >= 0.3 is 0 Å². The number of nitrogens with zero attached hydrogens (tertiary/aromatic N) is 5. The molecule has 0 bridgehead atoms. The van der Waals surface area contributed by atoms with Gasteiger partial charge in [0.15, 0.2) is 11.6 Å². The maximum atomic E-state index is 15.7. The van der Waals surface area contributed by atoms with Gasteiger partial charge in [0.05, 0.1) is 20.8 Å². The molecule has 2 aromatic carbocycles. The number of halogens is 2. The van der Waals surface area contributed by atoms with Gasteiger partial charge in [0.25, 0.3) is 10.0 Å². The van der Waals surface area contributed by atoms with Gasteiger partial charge < -0.3 is 14.2 Å². The van der Waals surface area contributed by atoms with Gasteiger partial charge in [-0.1, -0.05) is 6.42 Å². The van der Waals surface area contributed by atoms with Gasteiger partial charge in [0.1, 0.15) is 40.5 Å². The lowest BCUT2D eigenvalue weighted by molar-refractivity contribution is 0.120. The van der Waals surface area contributed by atoms with Crippen LogP contribution >= 0.6 is 0 Å². The van der Waals surface area contributed by atoms with Crippen molar-refractivity contribution in [2.45, 2.75) is 62.6 Å². The van der Waals surface area contributed by atoms with Crippen molar-refractivity contribution in [3.63, 3.8) is 0 Å². The average molecular weight is 614 g/mol. The zero-order chi connectivity index (χ0) is 30.6. The van der Waals surface area contributed by atoms with E-state index in [-0.39, 0.29) is 24.0 Å². The zero-order valence-electron chi connectivity index (χ0n) is 24.1. The molecule has 4 aromatic rings. The first-order chi connectivity index (χ1) is 20.8. The number of benzene rings is 2. The number of anilines is 1. The Balaban J connectivity index is 1.48. The normalized spacial score (nSPS) is 17.0. The topological polar surface area (TPSA) is 109 Å². The molecule has 1 aliphatic rings. The molecule has 1 fully saturated rings. The molecular formula is C30H33F2N5O5S. The molecule has 5 rings (SSSR count). The third-order valence-corrected chi connectivity index (χ3v) is 9.36. The standard InChI is InChI=1S/C30H33F2N5O5S/c1-4-36-25(11-14-35-36)22-7-5-6-8-26(22)42-28-16-24(32)29(17-23(28)31)43(38,39)37(30-12-13-33-19-34-30)18-20-9-10-21(40-2)15-27(20)41-3/h9-17,19,22,26H,4-8,18H2,1-3H3/t22-,26+/m1/s1. The summed E-state index contributed by atoms with van der Waals surface area (Å²) in [7, 11) is -1.75. The highest BCUT2D eigenvalue weighted by atomic mass is 32.2. The van der Waals surface area contributed by atoms with E-state index in [1.54, 1.807) is 24.4 Å². The van der Waals surface area contributed by atoms with Crippen LogP contribution in [0.15, 0.2) is 66.1 Å². The van der Waals surface area contributed by atoms with Crippen molar-refractivity contribution < 1.29 is 31.4 Å². The van der Waals surface area contributed by atoms with Crippen molar-refractivity contribution in [3.8, 4) is 17.2 Å². The van der Waals surface area contributed by atoms with Crippen LogP contribution in [0.2, 0.25) is 0 Å². The lowest BCUT2D eigenvalue weighted by Gasteiger charge is -2.32. The van der Waals surface area contributed by atoms with Crippen LogP contribution in [0.4, 0.5) is 14.6 Å². The van der Waals surface area contributed by atoms with Crippen molar-refractivity contribution in [1.82, 2.24) is 19.7 Å². The molecule has 1 saturated carbocycles. The minimum absolute atomic E-state index is 0.0365. The minimum Gasteiger partial charge on any atom is -0.497 e. The number of methoxy groups -OCH3 is 2. The van der Waals surface area contributed by atoms with Gasteiger partial charge in [-0.05, 0) is 44.4 Å². The highest BCUT2D eigenvalue weighted by Gasteiger charge is 2.34. The number of aromatic nitrogens is 4. The van der Waals surface area contributed by atoms with E-state index in [1.807, 2.05) is 17.7 Å². The van der Waals surface area contributed by atoms with E-state index in [2.05, 4.69) is 15.1 Å². The predicted octanol–water partition coefficient (Wildman–Crippen LogP) is 5.49. The SMILES string of the molecule is CCn1nccc1[C@H]1CCCC[C@@H]1Oc1cc(F)c(S(=O)(=O)N(Cc2ccc(OC)cc2OC)c2ccncn2)cc1F. The maximum absolute atomic E-state index is 15.7. The Morgan fingerprint density at radius 1 is 0.977 bits per heavy atom. The van der Waals surface area contributed by atoms with Crippen molar-refractivity contribution >= 4 is 15.8 Å². The molecule has 0 saturated heterocycles. The summed E-state index contributed by atoms with van der Waals surface area (Å²) in [4.78, 5) is 7.07. The van der Waals surface area contributed by atoms with Crippen LogP contribution in [0.1, 0.15) is 49.8 Å². The van der Waals surface area contributed by atoms with Gasteiger partial charge in [0, 0.05) is 60.4 Å². The molecule has 228 valence electrons. The zero-order valence-corrected chi connectivity index (χ0v) is 24.9. The summed E-state index contributed by atoms with van der Waals surface area (Å²) >= 11 is 0. The summed E-state index contributed by atoms with van der Waals surface area (Å²) < 4.78 is 78.6. The van der Waals surface area contributed by atoms with Gasteiger partial charge in [0.2, 0.25) is 0 Å². The van der Waals surface area contributed by atoms with Crippen LogP contribution < -0.4 is 18.5 Å². The first kappa shape index (κ1) is 30.2. The Kier molecular flexibility index (Phi) is 9.09. The number of hydrogen-bond acceptors (Lipinski definition) is 8. The fourth-order valence-corrected chi connectivity index (χ4v) is 6.89. The quantitative estimate of drug-likeness (QED) is 0.219. The average Bonchev–Trinajstić information content (AvgIpc) is 3.51. The Bertz CT molecular complexity index is 1670. The second kappa shape index (κ2) is 12.9. The first-order valence-corrected chi connectivity index (χ1v) is 15.4. The van der Waals surface area contributed by atoms with Gasteiger partial charge in [-0.15, -0.1) is 0 Å². The molecule has 43 heavy (non-hydrogen) atoms. The highest BCUT2D eigenvalue weighted by Crippen LogP contribution is 2.38. The van der Waals surface area contributed by atoms with Crippen LogP contribution in [-0.4, -0.2) is 48.5 Å². The van der Waals surface area contributed by atoms with E-state index in [0.717, 1.165) is 35.3 Å². The van der Waals surface area contributed by atoms with Crippen molar-refractivity contribution in [1.29, 1.82) is 0 Å². The van der Waals surface area contributed by atoms with E-state index in [1.165, 1.54) is 32.8 Å². The lowest BCUT2D eigenvalue weighted by atomic mass is 9.84. The summed E-state index contributed by atoms with van der Waals surface area (Å²) in [6.07, 6.45) is 7.13. The molecule has 0 unspecified atom stereocenters. The van der Waals surface area contributed by atoms with Crippen LogP contribution in [0.3, 0.4) is 0 Å². The summed E-state index contributed by atoms with van der Waals surface area (Å²) in [6.45, 7) is 2.37. The van der Waals surface area contributed by atoms with E-state index in [9.17, 15) is 8.42 Å². The van der Waals surface area contributed by atoms with Crippen LogP contribution in [0.25, 0.3) is 0 Å². The molecule has 0 spiro atoms. The molecule has 10 nitrogen and oxygen atoms in total. The summed E-state index contributed by atoms with van der Waals surface area (Å²) in [5.41, 5.74) is 1.42. The minimum atomic E-state index is -4.68. The van der Waals surface area contributed by atoms with E-state index in [4.69, 9.17) is 14.2 Å². The van der Waals surface area contributed by atoms with Crippen molar-refractivity contribution in [3.05, 3.63) is 84.1 Å². The Labute approximate surface area is 249 Å². The second-order valence-electron chi connectivity index (χ2n) is 10.1. The monoisotopic (exact) mass is 613 g/mol. The molecular weight excluding hydrogens is 580 g/mol. The number of rotatable bonds is 11. The molecule has 1 aliphatic carbocycles. The van der Waals surface area contributed by atoms with Gasteiger partial charge in [-0.3, -0.25) is 4.68 Å². The van der Waals surface area contributed by atoms with Gasteiger partial charge in [-0.25, -0.2) is 31.5 Å². The van der Waals surface area contributed by atoms with E-state index in [0.29, 0.717) is 36.1 Å². The molecule has 0 aliphatic heterocycles. The van der Waals surface area contributed by atoms with Crippen molar-refractivity contribution in [2.75, 3.05) is 18.5 Å². The number of sulfonamides is 1. The van der Waals surface area contributed by atoms with Crippen LogP contribution in [0, 0.1) is 11.6 Å². The van der Waals surface area contributed by atoms with Crippen molar-refractivity contribution in [2.24, 2.45) is 0 Å². The van der Waals surface area contributed by atoms with E-state index < -0.39 is 32.7 Å². The number of hydrogen-bond donors (Lipinski definition) is 0. The molecule has 0 radical (unpaired) electrons. The van der Waals surface area contributed by atoms with E-state index >= 15 is 8.78 Å². The fourth-order valence-electron chi connectivity index (χ4n) is 5.44. The molecule has 2 atom stereocenters. The molecule has 0 amide bonds. The summed E-state index contributed by atoms with van der Waals surface area (Å²) in [5, 5.41) is 4.35.